The molecule has 1 aliphatic rings. The van der Waals surface area contributed by atoms with Crippen molar-refractivity contribution in [1.29, 1.82) is 0 Å². The molecule has 2 unspecified atom stereocenters. The summed E-state index contributed by atoms with van der Waals surface area (Å²) in [6, 6.07) is 0.423. The lowest BCUT2D eigenvalue weighted by Crippen LogP contribution is -2.14. The van der Waals surface area contributed by atoms with Crippen LogP contribution in [0.1, 0.15) is 44.2 Å². The molecule has 0 radical (unpaired) electrons. The molecule has 1 aromatic heterocycles. The summed E-state index contributed by atoms with van der Waals surface area (Å²) in [4.78, 5) is 0. The summed E-state index contributed by atoms with van der Waals surface area (Å²) in [5, 5.41) is 7.72. The molecule has 0 spiro atoms. The van der Waals surface area contributed by atoms with Crippen molar-refractivity contribution < 1.29 is 4.74 Å². The topological polar surface area (TPSA) is 39.1 Å². The maximum atomic E-state index is 5.62. The normalized spacial score (nSPS) is 21.9. The Labute approximate surface area is 103 Å². The lowest BCUT2D eigenvalue weighted by Gasteiger charge is -2.11. The number of ether oxygens (including phenoxy) is 1. The van der Waals surface area contributed by atoms with Crippen molar-refractivity contribution in [3.8, 4) is 0 Å². The quantitative estimate of drug-likeness (QED) is 0.823. The van der Waals surface area contributed by atoms with Crippen molar-refractivity contribution >= 4 is 0 Å². The second-order valence-corrected chi connectivity index (χ2v) is 4.71. The van der Waals surface area contributed by atoms with Gasteiger partial charge >= 0.3 is 0 Å². The van der Waals surface area contributed by atoms with Crippen LogP contribution in [0.5, 0.6) is 0 Å². The van der Waals surface area contributed by atoms with Gasteiger partial charge in [0.1, 0.15) is 0 Å². The van der Waals surface area contributed by atoms with E-state index in [2.05, 4.69) is 23.5 Å². The van der Waals surface area contributed by atoms with Gasteiger partial charge in [-0.05, 0) is 32.7 Å². The fraction of sp³-hybridized carbons (Fsp3) is 0.769. The van der Waals surface area contributed by atoms with Gasteiger partial charge in [0, 0.05) is 31.0 Å². The van der Waals surface area contributed by atoms with Crippen LogP contribution in [0.15, 0.2) is 12.4 Å². The summed E-state index contributed by atoms with van der Waals surface area (Å²) in [6.45, 7) is 4.09. The van der Waals surface area contributed by atoms with Crippen LogP contribution in [0.4, 0.5) is 0 Å². The molecule has 1 saturated heterocycles. The van der Waals surface area contributed by atoms with Gasteiger partial charge in [0.2, 0.25) is 0 Å². The third kappa shape index (κ3) is 3.30. The molecule has 1 N–H and O–H groups in total. The van der Waals surface area contributed by atoms with Gasteiger partial charge in [0.05, 0.1) is 12.3 Å². The monoisotopic (exact) mass is 237 g/mol. The van der Waals surface area contributed by atoms with Crippen molar-refractivity contribution in [2.45, 2.75) is 51.3 Å². The van der Waals surface area contributed by atoms with Crippen molar-refractivity contribution in [2.75, 3.05) is 13.7 Å². The molecule has 2 heterocycles. The third-order valence-electron chi connectivity index (χ3n) is 3.52. The van der Waals surface area contributed by atoms with E-state index >= 15 is 0 Å². The van der Waals surface area contributed by atoms with Crippen LogP contribution >= 0.6 is 0 Å². The maximum absolute atomic E-state index is 5.62. The van der Waals surface area contributed by atoms with Gasteiger partial charge in [0.15, 0.2) is 0 Å². The predicted molar refractivity (Wildman–Crippen MR) is 67.9 cm³/mol. The highest BCUT2D eigenvalue weighted by atomic mass is 16.5. The molecule has 0 amide bonds. The number of rotatable bonds is 6. The summed E-state index contributed by atoms with van der Waals surface area (Å²) in [5.41, 5.74) is 1.28. The lowest BCUT2D eigenvalue weighted by atomic mass is 10.1. The van der Waals surface area contributed by atoms with Gasteiger partial charge < -0.3 is 10.1 Å². The summed E-state index contributed by atoms with van der Waals surface area (Å²) >= 11 is 0. The molecular weight excluding hydrogens is 214 g/mol. The molecule has 1 fully saturated rings. The van der Waals surface area contributed by atoms with Crippen LogP contribution in [-0.4, -0.2) is 29.5 Å². The van der Waals surface area contributed by atoms with Gasteiger partial charge in [-0.3, -0.25) is 4.68 Å². The van der Waals surface area contributed by atoms with E-state index in [-0.39, 0.29) is 0 Å². The molecule has 1 aliphatic heterocycles. The van der Waals surface area contributed by atoms with E-state index in [1.807, 2.05) is 17.9 Å². The number of aryl methyl sites for hydroxylation is 1. The van der Waals surface area contributed by atoms with E-state index in [1.54, 1.807) is 0 Å². The predicted octanol–water partition coefficient (Wildman–Crippen LogP) is 2.12. The SMILES string of the molecule is CCC(NC)c1cnn(CCC2CCCO2)c1. The van der Waals surface area contributed by atoms with Crippen LogP contribution in [0, 0.1) is 0 Å². The molecule has 0 saturated carbocycles. The minimum atomic E-state index is 0.423. The fourth-order valence-electron chi connectivity index (χ4n) is 2.44. The molecule has 17 heavy (non-hydrogen) atoms. The van der Waals surface area contributed by atoms with E-state index in [0.717, 1.165) is 26.0 Å². The molecule has 0 aromatic carbocycles. The molecular formula is C13H23N3O. The summed E-state index contributed by atoms with van der Waals surface area (Å²) < 4.78 is 7.66. The Morgan fingerprint density at radius 3 is 3.18 bits per heavy atom. The minimum Gasteiger partial charge on any atom is -0.378 e. The molecule has 4 heteroatoms. The van der Waals surface area contributed by atoms with Gasteiger partial charge in [-0.2, -0.15) is 5.10 Å². The maximum Gasteiger partial charge on any atom is 0.0593 e. The first-order chi connectivity index (χ1) is 8.33. The molecule has 1 aromatic rings. The first kappa shape index (κ1) is 12.6. The van der Waals surface area contributed by atoms with Gasteiger partial charge in [-0.15, -0.1) is 0 Å². The van der Waals surface area contributed by atoms with E-state index in [1.165, 1.54) is 18.4 Å². The van der Waals surface area contributed by atoms with E-state index < -0.39 is 0 Å². The standard InChI is InChI=1S/C13H23N3O/c1-3-13(14-2)11-9-15-16(10-11)7-6-12-5-4-8-17-12/h9-10,12-14H,3-8H2,1-2H3. The van der Waals surface area contributed by atoms with E-state index in [9.17, 15) is 0 Å². The second kappa shape index (κ2) is 6.17. The summed E-state index contributed by atoms with van der Waals surface area (Å²) in [5.74, 6) is 0. The highest BCUT2D eigenvalue weighted by Gasteiger charge is 2.15. The van der Waals surface area contributed by atoms with Crippen LogP contribution < -0.4 is 5.32 Å². The van der Waals surface area contributed by atoms with Gasteiger partial charge in [0.25, 0.3) is 0 Å². The Kier molecular flexibility index (Phi) is 4.57. The Balaban J connectivity index is 1.84. The minimum absolute atomic E-state index is 0.423. The van der Waals surface area contributed by atoms with Crippen molar-refractivity contribution in [2.24, 2.45) is 0 Å². The zero-order valence-electron chi connectivity index (χ0n) is 10.9. The average Bonchev–Trinajstić information content (AvgIpc) is 2.99. The van der Waals surface area contributed by atoms with Crippen LogP contribution in [0.2, 0.25) is 0 Å². The molecule has 2 atom stereocenters. The number of hydrogen-bond donors (Lipinski definition) is 1. The summed E-state index contributed by atoms with van der Waals surface area (Å²) in [6.07, 6.45) is 9.18. The van der Waals surface area contributed by atoms with Gasteiger partial charge in [-0.1, -0.05) is 6.92 Å². The average molecular weight is 237 g/mol. The lowest BCUT2D eigenvalue weighted by molar-refractivity contribution is 0.0994. The third-order valence-corrected chi connectivity index (χ3v) is 3.52. The molecule has 96 valence electrons. The number of hydrogen-bond acceptors (Lipinski definition) is 3. The first-order valence-electron chi connectivity index (χ1n) is 6.64. The van der Waals surface area contributed by atoms with Crippen LogP contribution in [0.25, 0.3) is 0 Å². The highest BCUT2D eigenvalue weighted by Crippen LogP contribution is 2.18. The molecule has 2 rings (SSSR count). The van der Waals surface area contributed by atoms with Crippen LogP contribution in [0.3, 0.4) is 0 Å². The fourth-order valence-corrected chi connectivity index (χ4v) is 2.44. The zero-order chi connectivity index (χ0) is 12.1. The smallest absolute Gasteiger partial charge is 0.0593 e. The Morgan fingerprint density at radius 2 is 2.53 bits per heavy atom. The number of aromatic nitrogens is 2. The number of nitrogens with one attached hydrogen (secondary N) is 1. The highest BCUT2D eigenvalue weighted by molar-refractivity contribution is 5.09. The molecule has 0 bridgehead atoms. The second-order valence-electron chi connectivity index (χ2n) is 4.71. The number of nitrogens with zero attached hydrogens (tertiary/aromatic N) is 2. The Bertz CT molecular complexity index is 327. The Morgan fingerprint density at radius 1 is 1.65 bits per heavy atom. The van der Waals surface area contributed by atoms with Crippen molar-refractivity contribution in [3.05, 3.63) is 18.0 Å². The largest absolute Gasteiger partial charge is 0.378 e. The van der Waals surface area contributed by atoms with Gasteiger partial charge in [-0.25, -0.2) is 0 Å². The van der Waals surface area contributed by atoms with Crippen LogP contribution in [-0.2, 0) is 11.3 Å². The first-order valence-corrected chi connectivity index (χ1v) is 6.64. The molecule has 0 aliphatic carbocycles. The van der Waals surface area contributed by atoms with Crippen molar-refractivity contribution in [3.63, 3.8) is 0 Å². The van der Waals surface area contributed by atoms with E-state index in [4.69, 9.17) is 4.74 Å². The Hall–Kier alpha value is -0.870. The summed E-state index contributed by atoms with van der Waals surface area (Å²) in [7, 11) is 2.00. The van der Waals surface area contributed by atoms with Crippen molar-refractivity contribution in [1.82, 2.24) is 15.1 Å². The zero-order valence-corrected chi connectivity index (χ0v) is 10.9. The molecule has 4 nitrogen and oxygen atoms in total. The van der Waals surface area contributed by atoms with E-state index in [0.29, 0.717) is 12.1 Å².